The van der Waals surface area contributed by atoms with E-state index >= 15 is 0 Å². The van der Waals surface area contributed by atoms with E-state index in [4.69, 9.17) is 0 Å². The van der Waals surface area contributed by atoms with Gasteiger partial charge in [-0.1, -0.05) is 270 Å². The number of nitrogens with one attached hydrogen (secondary N) is 5. The lowest BCUT2D eigenvalue weighted by Gasteiger charge is -2.28. The molecule has 130 heavy (non-hydrogen) atoms. The van der Waals surface area contributed by atoms with Gasteiger partial charge in [0.05, 0.1) is 0 Å². The Labute approximate surface area is 825 Å². The normalized spacial score (nSPS) is 12.3. The third kappa shape index (κ3) is 41.6. The number of hydrogen-bond donors (Lipinski definition) is 10. The maximum Gasteiger partial charge on any atom is 0.127 e. The molecule has 0 spiro atoms. The molecule has 21 heteroatoms. The summed E-state index contributed by atoms with van der Waals surface area (Å²) < 4.78 is 13.5. The van der Waals surface area contributed by atoms with E-state index in [-0.39, 0.29) is 123 Å². The summed E-state index contributed by atoms with van der Waals surface area (Å²) >= 11 is 0. The van der Waals surface area contributed by atoms with Crippen molar-refractivity contribution in [2.45, 2.75) is 324 Å². The van der Waals surface area contributed by atoms with Crippen LogP contribution in [0.1, 0.15) is 282 Å². The second-order valence-electron chi connectivity index (χ2n) is 43.4. The van der Waals surface area contributed by atoms with Crippen LogP contribution in [-0.4, -0.2) is 53.2 Å². The Morgan fingerprint density at radius 3 is 0.800 bits per heavy atom. The van der Waals surface area contributed by atoms with E-state index in [0.717, 1.165) is 85.8 Å². The van der Waals surface area contributed by atoms with Crippen molar-refractivity contribution in [3.8, 4) is 28.7 Å². The predicted octanol–water partition coefficient (Wildman–Crippen LogP) is 24.5. The SMILES string of the molecule is CC(C)(C)NCc1cc(F)ccc1Pc1ccccc1O.Cc1ccc(Pc2cc(C(C)(C)C)cc(C(C)(C)C)c2O)c(CNC(C)(C)C)c1.Cc1ccc(Pc2cc(C(C)(C)C)cc(C)c2O)c(CNC(C)(C)C)c1.Cc1ccc(Pc2cc(C)cc(C(C)(C)C)c2O)c(CNC(C)(C)C)c1.Cc1ccc(Pc2cc(C)cc(C)c2O)c(CNC(C)(C)C)c1.Cl.Cl.Cl.Cl.Cl. The van der Waals surface area contributed by atoms with E-state index in [1.54, 1.807) is 24.3 Å². The zero-order valence-corrected chi connectivity index (χ0v) is 93.9. The maximum atomic E-state index is 13.5. The van der Waals surface area contributed by atoms with Crippen molar-refractivity contribution < 1.29 is 29.9 Å². The molecular weight excluding hydrogens is 1810 g/mol. The standard InChI is InChI=1S/C26H40NOP.2C23H34NOP.C20H28NOP.C17H21FNOP.5ClH/c1-17-11-12-21(18(13-17)16-27-26(8,9)10)29-22-15-19(24(2,3)4)14-20(23(22)28)25(5,6)7;1-15-9-10-19(17(11-15)14-24-23(6,7)8)26-20-13-18(22(3,4)5)12-16(2)21(20)25;1-15-9-10-19(17(11-15)14-24-23(6,7)8)26-20-13-16(2)12-18(21(20)25)22(3,4)5;1-13-7-8-17(16(10-13)12-21-20(4,5)6)23-18-11-14(2)9-15(3)19(18)22;1-17(2,3)19-11-12-10-13(18)8-9-15(12)21-16-7-5-4-6-14(16)20;;;;;/h11-15,27-29H,16H2,1-10H3;2*9-13,24-26H,14H2,1-8H3;7-11,21-23H,12H2,1-6H3;4-10,19-21H,11H2,1-3H3;5*1H. The summed E-state index contributed by atoms with van der Waals surface area (Å²) in [5.41, 5.74) is 20.4. The monoisotopic (exact) mass is 1970 g/mol. The second kappa shape index (κ2) is 51.6. The molecule has 0 radical (unpaired) electrons. The third-order valence-corrected chi connectivity index (χ3v) is 27.9. The lowest BCUT2D eigenvalue weighted by atomic mass is 9.80. The first-order valence-corrected chi connectivity index (χ1v) is 49.2. The van der Waals surface area contributed by atoms with Crippen LogP contribution in [0.2, 0.25) is 0 Å². The summed E-state index contributed by atoms with van der Waals surface area (Å²) in [7, 11) is 2.09. The highest BCUT2D eigenvalue weighted by molar-refractivity contribution is 7.57. The van der Waals surface area contributed by atoms with Crippen molar-refractivity contribution in [3.63, 3.8) is 0 Å². The maximum absolute atomic E-state index is 13.5. The molecule has 10 rings (SSSR count). The van der Waals surface area contributed by atoms with Crippen molar-refractivity contribution in [3.05, 3.63) is 264 Å². The van der Waals surface area contributed by atoms with Gasteiger partial charge >= 0.3 is 0 Å². The molecule has 10 nitrogen and oxygen atoms in total. The number of benzene rings is 10. The molecule has 0 saturated carbocycles. The lowest BCUT2D eigenvalue weighted by molar-refractivity contribution is 0.424. The Bertz CT molecular complexity index is 5230. The van der Waals surface area contributed by atoms with E-state index in [1.807, 2.05) is 32.0 Å². The summed E-state index contributed by atoms with van der Waals surface area (Å²) in [6.45, 7) is 79.5. The quantitative estimate of drug-likeness (QED) is 0.0333. The molecular formula is C109H162Cl5FN5O5P5. The average Bonchev–Trinajstić information content (AvgIpc) is 0.431. The fraction of sp³-hybridized carbons (Fsp3) is 0.450. The van der Waals surface area contributed by atoms with E-state index in [1.165, 1.54) is 94.0 Å². The molecule has 0 aliphatic heterocycles. The second-order valence-corrected chi connectivity index (χ2v) is 50.0. The minimum atomic E-state index is -0.230. The van der Waals surface area contributed by atoms with Crippen LogP contribution in [-0.2, 0) is 54.4 Å². The number of aromatic hydroxyl groups is 5. The first-order chi connectivity index (χ1) is 57.3. The van der Waals surface area contributed by atoms with Crippen LogP contribution in [0.15, 0.2) is 164 Å². The number of phenols is 5. The summed E-state index contributed by atoms with van der Waals surface area (Å²) in [6.07, 6.45) is 0. The van der Waals surface area contributed by atoms with E-state index in [0.29, 0.717) is 72.4 Å². The molecule has 0 amide bonds. The van der Waals surface area contributed by atoms with Gasteiger partial charge in [0, 0.05) is 98.1 Å². The van der Waals surface area contributed by atoms with Gasteiger partial charge in [-0.25, -0.2) is 4.39 Å². The van der Waals surface area contributed by atoms with E-state index in [2.05, 4.69) is 370 Å². The Hall–Kier alpha value is -5.47. The van der Waals surface area contributed by atoms with Crippen LogP contribution in [0.3, 0.4) is 0 Å². The van der Waals surface area contributed by atoms with Crippen molar-refractivity contribution in [2.24, 2.45) is 0 Å². The molecule has 10 aromatic carbocycles. The smallest absolute Gasteiger partial charge is 0.127 e. The molecule has 5 unspecified atom stereocenters. The fourth-order valence-corrected chi connectivity index (χ4v) is 19.9. The third-order valence-electron chi connectivity index (χ3n) is 20.9. The molecule has 10 N–H and O–H groups in total. The zero-order valence-electron chi connectivity index (χ0n) is 84.8. The molecule has 0 fully saturated rings. The van der Waals surface area contributed by atoms with Crippen LogP contribution in [0, 0.1) is 61.2 Å². The molecule has 0 saturated heterocycles. The van der Waals surface area contributed by atoms with Crippen LogP contribution in [0.5, 0.6) is 28.7 Å². The lowest BCUT2D eigenvalue weighted by Crippen LogP contribution is -2.36. The van der Waals surface area contributed by atoms with Gasteiger partial charge in [0.1, 0.15) is 34.6 Å². The number of para-hydroxylation sites is 1. The summed E-state index contributed by atoms with van der Waals surface area (Å²) in [4.78, 5) is 0. The Morgan fingerprint density at radius 2 is 0.492 bits per heavy atom. The molecule has 5 atom stereocenters. The van der Waals surface area contributed by atoms with E-state index < -0.39 is 0 Å². The number of rotatable bonds is 20. The molecule has 0 heterocycles. The minimum Gasteiger partial charge on any atom is -0.507 e. The zero-order chi connectivity index (χ0) is 94.3. The number of aryl methyl sites for hydroxylation is 8. The van der Waals surface area contributed by atoms with Crippen molar-refractivity contribution in [1.82, 2.24) is 26.6 Å². The minimum absolute atomic E-state index is 0. The van der Waals surface area contributed by atoms with Gasteiger partial charge in [0.2, 0.25) is 0 Å². The Morgan fingerprint density at radius 1 is 0.238 bits per heavy atom. The highest BCUT2D eigenvalue weighted by atomic mass is 35.5. The Balaban J connectivity index is 0.000000808. The molecule has 0 aliphatic rings. The topological polar surface area (TPSA) is 161 Å². The summed E-state index contributed by atoms with van der Waals surface area (Å²) in [5, 5.41) is 82.0. The predicted molar refractivity (Wildman–Crippen MR) is 593 cm³/mol. The van der Waals surface area contributed by atoms with E-state index in [9.17, 15) is 29.9 Å². The largest absolute Gasteiger partial charge is 0.507 e. The summed E-state index contributed by atoms with van der Waals surface area (Å²) in [6, 6.07) is 55.8. The van der Waals surface area contributed by atoms with Crippen LogP contribution < -0.4 is 79.6 Å². The molecule has 0 aromatic heterocycles. The van der Waals surface area contributed by atoms with Gasteiger partial charge in [-0.3, -0.25) is 0 Å². The number of phenolic OH excluding ortho intramolecular Hbond substituents is 5. The first kappa shape index (κ1) is 123. The van der Waals surface area contributed by atoms with Gasteiger partial charge in [-0.15, -0.1) is 62.0 Å². The van der Waals surface area contributed by atoms with Crippen LogP contribution in [0.4, 0.5) is 4.39 Å². The highest BCUT2D eigenvalue weighted by Crippen LogP contribution is 2.39. The number of hydrogen-bond acceptors (Lipinski definition) is 10. The van der Waals surface area contributed by atoms with Gasteiger partial charge in [-0.05, 0) is 311 Å². The van der Waals surface area contributed by atoms with Crippen molar-refractivity contribution in [2.75, 3.05) is 0 Å². The molecule has 720 valence electrons. The molecule has 10 aromatic rings. The molecule has 0 aliphatic carbocycles. The van der Waals surface area contributed by atoms with Gasteiger partial charge in [0.15, 0.2) is 0 Å². The highest BCUT2D eigenvalue weighted by Gasteiger charge is 2.28. The van der Waals surface area contributed by atoms with Crippen LogP contribution in [0.25, 0.3) is 0 Å². The van der Waals surface area contributed by atoms with Gasteiger partial charge in [0.25, 0.3) is 0 Å². The fourth-order valence-electron chi connectivity index (χ4n) is 13.4. The van der Waals surface area contributed by atoms with Crippen molar-refractivity contribution >= 4 is 158 Å². The Kier molecular flexibility index (Phi) is 48.7. The average molecular weight is 1970 g/mol. The molecule has 0 bridgehead atoms. The van der Waals surface area contributed by atoms with Gasteiger partial charge in [-0.2, -0.15) is 0 Å². The van der Waals surface area contributed by atoms with Crippen LogP contribution >= 0.6 is 105 Å². The van der Waals surface area contributed by atoms with Crippen molar-refractivity contribution in [1.29, 1.82) is 0 Å². The first-order valence-electron chi connectivity index (χ1n) is 44.2. The summed E-state index contributed by atoms with van der Waals surface area (Å²) in [5.74, 6) is 1.84. The van der Waals surface area contributed by atoms with Gasteiger partial charge < -0.3 is 52.1 Å². The number of halogens is 6.